The molecular weight excluding hydrogens is 681 g/mol. The third-order valence-corrected chi connectivity index (χ3v) is 12.5. The third kappa shape index (κ3) is 4.80. The van der Waals surface area contributed by atoms with Gasteiger partial charge < -0.3 is 9.32 Å². The Labute approximate surface area is 327 Å². The van der Waals surface area contributed by atoms with E-state index in [1.807, 2.05) is 30.3 Å². The highest BCUT2D eigenvalue weighted by Gasteiger charge is 2.37. The van der Waals surface area contributed by atoms with Crippen LogP contribution in [0, 0.1) is 0 Å². The summed E-state index contributed by atoms with van der Waals surface area (Å²) in [6.45, 7) is 9.37. The average Bonchev–Trinajstić information content (AvgIpc) is 3.85. The second-order valence-electron chi connectivity index (χ2n) is 16.4. The molecule has 0 saturated heterocycles. The molecule has 1 aromatic heterocycles. The fourth-order valence-electron chi connectivity index (χ4n) is 9.54. The summed E-state index contributed by atoms with van der Waals surface area (Å²) >= 11 is 0. The molecule has 56 heavy (non-hydrogen) atoms. The molecule has 0 fully saturated rings. The van der Waals surface area contributed by atoms with Crippen LogP contribution in [0.1, 0.15) is 49.9 Å². The lowest BCUT2D eigenvalue weighted by Crippen LogP contribution is -2.16. The molecule has 0 aliphatic heterocycles. The van der Waals surface area contributed by atoms with E-state index in [1.54, 1.807) is 0 Å². The van der Waals surface area contributed by atoms with Crippen molar-refractivity contribution in [3.05, 3.63) is 192 Å². The molecule has 0 amide bonds. The van der Waals surface area contributed by atoms with Gasteiger partial charge in [-0.05, 0) is 128 Å². The topological polar surface area (TPSA) is 29.3 Å². The molecule has 9 aromatic rings. The molecule has 0 atom stereocenters. The van der Waals surface area contributed by atoms with Crippen molar-refractivity contribution in [3.8, 4) is 44.8 Å². The summed E-state index contributed by atoms with van der Waals surface area (Å²) in [4.78, 5) is 7.22. The van der Waals surface area contributed by atoms with Crippen LogP contribution < -0.4 is 4.90 Å². The van der Waals surface area contributed by atoms with Gasteiger partial charge >= 0.3 is 0 Å². The Balaban J connectivity index is 1.02. The molecule has 2 aliphatic carbocycles. The number of hydrogen-bond acceptors (Lipinski definition) is 3. The van der Waals surface area contributed by atoms with Gasteiger partial charge in [0.15, 0.2) is 5.58 Å². The summed E-state index contributed by atoms with van der Waals surface area (Å²) < 4.78 is 6.34. The lowest BCUT2D eigenvalue weighted by atomic mass is 9.82. The van der Waals surface area contributed by atoms with Crippen molar-refractivity contribution < 1.29 is 4.42 Å². The Morgan fingerprint density at radius 1 is 0.429 bits per heavy atom. The van der Waals surface area contributed by atoms with Gasteiger partial charge in [0.25, 0.3) is 0 Å². The predicted octanol–water partition coefficient (Wildman–Crippen LogP) is 14.4. The molecular formula is C53H40N2O. The van der Waals surface area contributed by atoms with Gasteiger partial charge in [0.05, 0.1) is 0 Å². The van der Waals surface area contributed by atoms with E-state index in [0.717, 1.165) is 55.6 Å². The van der Waals surface area contributed by atoms with Crippen molar-refractivity contribution in [3.63, 3.8) is 0 Å². The molecule has 0 spiro atoms. The zero-order valence-electron chi connectivity index (χ0n) is 32.0. The van der Waals surface area contributed by atoms with Crippen LogP contribution in [0.25, 0.3) is 66.7 Å². The number of rotatable bonds is 5. The van der Waals surface area contributed by atoms with E-state index in [0.29, 0.717) is 5.89 Å². The minimum Gasteiger partial charge on any atom is -0.435 e. The largest absolute Gasteiger partial charge is 0.435 e. The maximum Gasteiger partial charge on any atom is 0.227 e. The molecule has 2 aliphatic rings. The summed E-state index contributed by atoms with van der Waals surface area (Å²) in [5, 5.41) is 2.19. The van der Waals surface area contributed by atoms with Crippen molar-refractivity contribution in [1.29, 1.82) is 0 Å². The van der Waals surface area contributed by atoms with Gasteiger partial charge in [0, 0.05) is 38.8 Å². The van der Waals surface area contributed by atoms with Crippen molar-refractivity contribution in [2.24, 2.45) is 0 Å². The Morgan fingerprint density at radius 2 is 0.964 bits per heavy atom. The second kappa shape index (κ2) is 11.9. The Morgan fingerprint density at radius 3 is 1.59 bits per heavy atom. The molecule has 0 unspecified atom stereocenters. The van der Waals surface area contributed by atoms with E-state index in [-0.39, 0.29) is 10.8 Å². The van der Waals surface area contributed by atoms with Crippen LogP contribution in [0.15, 0.2) is 174 Å². The smallest absolute Gasteiger partial charge is 0.227 e. The number of anilines is 3. The Kier molecular flexibility index (Phi) is 6.94. The van der Waals surface area contributed by atoms with E-state index in [1.165, 1.54) is 44.5 Å². The lowest BCUT2D eigenvalue weighted by Gasteiger charge is -2.28. The molecule has 1 heterocycles. The highest BCUT2D eigenvalue weighted by molar-refractivity contribution is 6.05. The second-order valence-corrected chi connectivity index (χ2v) is 16.4. The minimum atomic E-state index is -0.0525. The molecule has 0 radical (unpaired) electrons. The van der Waals surface area contributed by atoms with E-state index in [4.69, 9.17) is 9.40 Å². The number of benzene rings is 8. The zero-order valence-corrected chi connectivity index (χ0v) is 32.0. The van der Waals surface area contributed by atoms with Crippen LogP contribution in [-0.4, -0.2) is 4.98 Å². The first-order valence-corrected chi connectivity index (χ1v) is 19.5. The first-order chi connectivity index (χ1) is 27.3. The molecule has 11 rings (SSSR count). The first kappa shape index (κ1) is 32.7. The van der Waals surface area contributed by atoms with E-state index in [9.17, 15) is 0 Å². The predicted molar refractivity (Wildman–Crippen MR) is 232 cm³/mol. The summed E-state index contributed by atoms with van der Waals surface area (Å²) in [6.07, 6.45) is 0. The van der Waals surface area contributed by atoms with E-state index in [2.05, 4.69) is 172 Å². The normalized spacial score (nSPS) is 14.4. The standard InChI is InChI=1S/C53H40N2O/c1-52(2)45-16-10-8-14-41(45)43-31-38(24-27-47(43)52)55(39-25-28-48-44(32-39)42-15-9-11-17-46(42)53(48,3)4)37-22-18-33(19-23-37)35-20-26-40-36(30-35)21-29-49-50(40)56-51(54-49)34-12-6-5-7-13-34/h5-32H,1-4H3. The molecule has 3 nitrogen and oxygen atoms in total. The van der Waals surface area contributed by atoms with E-state index >= 15 is 0 Å². The molecule has 268 valence electrons. The molecule has 0 saturated carbocycles. The van der Waals surface area contributed by atoms with Crippen molar-refractivity contribution in [1.82, 2.24) is 4.98 Å². The van der Waals surface area contributed by atoms with Gasteiger partial charge in [-0.2, -0.15) is 0 Å². The van der Waals surface area contributed by atoms with Gasteiger partial charge in [-0.25, -0.2) is 4.98 Å². The van der Waals surface area contributed by atoms with Crippen LogP contribution >= 0.6 is 0 Å². The number of nitrogens with zero attached hydrogens (tertiary/aromatic N) is 2. The lowest BCUT2D eigenvalue weighted by molar-refractivity contribution is 0.623. The SMILES string of the molecule is CC1(C)c2ccccc2-c2cc(N(c3ccc(-c4ccc5c(ccc6nc(-c7ccccc7)oc65)c4)cc3)c3ccc4c(c3)-c3ccccc3C4(C)C)ccc21. The summed E-state index contributed by atoms with van der Waals surface area (Å²) in [7, 11) is 0. The number of fused-ring (bicyclic) bond motifs is 9. The molecule has 8 aromatic carbocycles. The van der Waals surface area contributed by atoms with Crippen LogP contribution in [0.3, 0.4) is 0 Å². The molecule has 0 N–H and O–H groups in total. The maximum atomic E-state index is 6.34. The zero-order chi connectivity index (χ0) is 37.8. The molecule has 3 heteroatoms. The maximum absolute atomic E-state index is 6.34. The van der Waals surface area contributed by atoms with Crippen LogP contribution in [-0.2, 0) is 10.8 Å². The summed E-state index contributed by atoms with van der Waals surface area (Å²) in [6, 6.07) is 61.8. The first-order valence-electron chi connectivity index (χ1n) is 19.5. The van der Waals surface area contributed by atoms with Gasteiger partial charge in [-0.1, -0.05) is 131 Å². The Hall–Kier alpha value is -6.71. The van der Waals surface area contributed by atoms with Gasteiger partial charge in [-0.3, -0.25) is 0 Å². The van der Waals surface area contributed by atoms with Gasteiger partial charge in [-0.15, -0.1) is 0 Å². The van der Waals surface area contributed by atoms with Gasteiger partial charge in [0.2, 0.25) is 5.89 Å². The van der Waals surface area contributed by atoms with Crippen molar-refractivity contribution in [2.75, 3.05) is 4.90 Å². The van der Waals surface area contributed by atoms with Crippen molar-refractivity contribution in [2.45, 2.75) is 38.5 Å². The fraction of sp³-hybridized carbons (Fsp3) is 0.113. The van der Waals surface area contributed by atoms with E-state index < -0.39 is 0 Å². The Bertz CT molecular complexity index is 2920. The van der Waals surface area contributed by atoms with Crippen LogP contribution in [0.4, 0.5) is 17.1 Å². The quantitative estimate of drug-likeness (QED) is 0.177. The number of aromatic nitrogens is 1. The van der Waals surface area contributed by atoms with Crippen LogP contribution in [0.2, 0.25) is 0 Å². The monoisotopic (exact) mass is 720 g/mol. The third-order valence-electron chi connectivity index (χ3n) is 12.5. The highest BCUT2D eigenvalue weighted by Crippen LogP contribution is 2.53. The molecule has 0 bridgehead atoms. The summed E-state index contributed by atoms with van der Waals surface area (Å²) in [5.41, 5.74) is 19.1. The summed E-state index contributed by atoms with van der Waals surface area (Å²) in [5.74, 6) is 0.643. The number of oxazole rings is 1. The van der Waals surface area contributed by atoms with Crippen molar-refractivity contribution >= 4 is 38.9 Å². The fourth-order valence-corrected chi connectivity index (χ4v) is 9.54. The highest BCUT2D eigenvalue weighted by atomic mass is 16.3. The minimum absolute atomic E-state index is 0.0525. The average molecular weight is 721 g/mol. The van der Waals surface area contributed by atoms with Gasteiger partial charge in [0.1, 0.15) is 5.52 Å². The van der Waals surface area contributed by atoms with Crippen LogP contribution in [0.5, 0.6) is 0 Å². The number of hydrogen-bond donors (Lipinski definition) is 0.